The van der Waals surface area contributed by atoms with Crippen LogP contribution in [0, 0.1) is 10.4 Å². The lowest BCUT2D eigenvalue weighted by molar-refractivity contribution is -0.671. The molecule has 116 valence electrons. The number of fused-ring (bicyclic) bond motifs is 1. The highest BCUT2D eigenvalue weighted by Crippen LogP contribution is 2.23. The number of carbonyl (C=O) groups excluding carboxylic acids is 1. The van der Waals surface area contributed by atoms with Crippen LogP contribution in [0.4, 0.5) is 11.6 Å². The Bertz CT molecular complexity index is 909. The summed E-state index contributed by atoms with van der Waals surface area (Å²) in [5.41, 5.74) is 7.89. The molecule has 2 aromatic carbocycles. The van der Waals surface area contributed by atoms with E-state index < -0.39 is 5.95 Å². The summed E-state index contributed by atoms with van der Waals surface area (Å²) in [5.74, 6) is -0.556. The normalized spacial score (nSPS) is 10.7. The molecule has 0 aliphatic rings. The lowest BCUT2D eigenvalue weighted by Gasteiger charge is -2.09. The second-order valence-electron chi connectivity index (χ2n) is 4.99. The van der Waals surface area contributed by atoms with E-state index in [-0.39, 0.29) is 16.9 Å². The highest BCUT2D eigenvalue weighted by Gasteiger charge is 2.17. The third-order valence-electron chi connectivity index (χ3n) is 3.34. The number of aromatic nitrogens is 3. The van der Waals surface area contributed by atoms with E-state index in [1.54, 1.807) is 36.4 Å². The van der Waals surface area contributed by atoms with Gasteiger partial charge in [0.05, 0.1) is 0 Å². The first kappa shape index (κ1) is 14.5. The molecule has 1 amide bonds. The van der Waals surface area contributed by atoms with E-state index in [9.17, 15) is 15.2 Å². The first-order valence-corrected chi connectivity index (χ1v) is 6.76. The number of carbonyl (C=O) groups is 1. The zero-order chi connectivity index (χ0) is 16.6. The number of nitrogens with two attached hydrogens (primary N) is 1. The molecular formula is C15H13N5O3. The van der Waals surface area contributed by atoms with Gasteiger partial charge in [-0.2, -0.15) is 0 Å². The maximum Gasteiger partial charge on any atom is 0.458 e. The van der Waals surface area contributed by atoms with Gasteiger partial charge in [0.25, 0.3) is 5.52 Å². The van der Waals surface area contributed by atoms with E-state index >= 15 is 0 Å². The van der Waals surface area contributed by atoms with Crippen molar-refractivity contribution in [2.75, 3.05) is 11.1 Å². The molecular weight excluding hydrogens is 298 g/mol. The molecule has 8 nitrogen and oxygen atoms in total. The fourth-order valence-corrected chi connectivity index (χ4v) is 2.29. The Kier molecular flexibility index (Phi) is 3.41. The zero-order valence-corrected chi connectivity index (χ0v) is 12.2. The van der Waals surface area contributed by atoms with Crippen LogP contribution in [0.2, 0.25) is 0 Å². The van der Waals surface area contributed by atoms with Gasteiger partial charge in [-0.15, -0.1) is 0 Å². The summed E-state index contributed by atoms with van der Waals surface area (Å²) in [6.07, 6.45) is 0. The van der Waals surface area contributed by atoms with Gasteiger partial charge < -0.3 is 15.7 Å². The molecule has 0 saturated carbocycles. The summed E-state index contributed by atoms with van der Waals surface area (Å²) in [4.78, 5) is 11.3. The Morgan fingerprint density at radius 3 is 2.39 bits per heavy atom. The number of nitrogens with zero attached hydrogens (tertiary/aromatic N) is 3. The molecule has 1 aromatic heterocycles. The van der Waals surface area contributed by atoms with Gasteiger partial charge in [-0.25, -0.2) is 4.73 Å². The first-order valence-electron chi connectivity index (χ1n) is 6.76. The van der Waals surface area contributed by atoms with Crippen molar-refractivity contribution in [2.45, 2.75) is 6.92 Å². The van der Waals surface area contributed by atoms with E-state index in [0.717, 1.165) is 11.1 Å². The third-order valence-corrected chi connectivity index (χ3v) is 3.34. The fraction of sp³-hybridized carbons (Fsp3) is 0.0667. The number of nitrogens with one attached hydrogen (secondary N) is 1. The van der Waals surface area contributed by atoms with E-state index in [4.69, 9.17) is 5.73 Å². The van der Waals surface area contributed by atoms with Crippen molar-refractivity contribution in [1.82, 2.24) is 5.10 Å². The molecule has 3 aromatic rings. The van der Waals surface area contributed by atoms with Crippen LogP contribution in [0.1, 0.15) is 6.92 Å². The first-order chi connectivity index (χ1) is 11.0. The second-order valence-corrected chi connectivity index (χ2v) is 4.99. The molecule has 0 aliphatic heterocycles. The summed E-state index contributed by atoms with van der Waals surface area (Å²) in [6, 6.07) is 11.9. The maximum atomic E-state index is 11.8. The molecule has 0 radical (unpaired) electrons. The number of hydrogen-bond acceptors (Lipinski definition) is 5. The molecule has 0 fully saturated rings. The Morgan fingerprint density at radius 1 is 1.09 bits per heavy atom. The van der Waals surface area contributed by atoms with E-state index in [1.807, 2.05) is 0 Å². The smallest absolute Gasteiger partial charge is 0.458 e. The molecule has 0 atom stereocenters. The second kappa shape index (κ2) is 5.41. The molecule has 23 heavy (non-hydrogen) atoms. The van der Waals surface area contributed by atoms with Crippen LogP contribution in [0.5, 0.6) is 0 Å². The molecule has 8 heteroatoms. The summed E-state index contributed by atoms with van der Waals surface area (Å²) < 4.78 is 0.410. The van der Waals surface area contributed by atoms with Crippen LogP contribution >= 0.6 is 0 Å². The average molecular weight is 311 g/mol. The zero-order valence-electron chi connectivity index (χ0n) is 12.2. The van der Waals surface area contributed by atoms with Crippen molar-refractivity contribution in [3.63, 3.8) is 0 Å². The van der Waals surface area contributed by atoms with Crippen molar-refractivity contribution in [1.29, 1.82) is 0 Å². The minimum Gasteiger partial charge on any atom is -0.739 e. The van der Waals surface area contributed by atoms with Gasteiger partial charge in [0.15, 0.2) is 5.52 Å². The minimum atomic E-state index is -0.403. The number of hydrogen-bond donors (Lipinski definition) is 2. The van der Waals surface area contributed by atoms with E-state index in [0.29, 0.717) is 15.3 Å². The molecule has 0 bridgehead atoms. The minimum absolute atomic E-state index is 0.123. The molecule has 0 saturated heterocycles. The number of amides is 1. The van der Waals surface area contributed by atoms with Gasteiger partial charge in [0, 0.05) is 23.5 Å². The van der Waals surface area contributed by atoms with Gasteiger partial charge in [-0.05, 0) is 29.3 Å². The summed E-state index contributed by atoms with van der Waals surface area (Å²) in [7, 11) is 0. The molecule has 0 aliphatic carbocycles. The third kappa shape index (κ3) is 2.69. The van der Waals surface area contributed by atoms with Crippen LogP contribution in [0.15, 0.2) is 42.5 Å². The molecule has 3 rings (SSSR count). The van der Waals surface area contributed by atoms with Crippen molar-refractivity contribution < 1.29 is 14.4 Å². The number of rotatable bonds is 2. The Morgan fingerprint density at radius 2 is 1.74 bits per heavy atom. The predicted molar refractivity (Wildman–Crippen MR) is 83.8 cm³/mol. The maximum absolute atomic E-state index is 11.8. The van der Waals surface area contributed by atoms with Crippen molar-refractivity contribution >= 4 is 28.6 Å². The summed E-state index contributed by atoms with van der Waals surface area (Å²) >= 11 is 0. The number of benzene rings is 2. The molecule has 0 unspecified atom stereocenters. The van der Waals surface area contributed by atoms with Crippen LogP contribution in [0.25, 0.3) is 22.2 Å². The lowest BCUT2D eigenvalue weighted by atomic mass is 10.0. The highest BCUT2D eigenvalue weighted by atomic mass is 16.5. The molecule has 1 heterocycles. The van der Waals surface area contributed by atoms with Crippen LogP contribution in [0.3, 0.4) is 0 Å². The van der Waals surface area contributed by atoms with Crippen molar-refractivity contribution in [3.8, 4) is 11.1 Å². The number of anilines is 2. The van der Waals surface area contributed by atoms with E-state index in [1.165, 1.54) is 13.0 Å². The standard InChI is InChI=1S/C15H13N5O3/c1-9(21)17-12-5-2-10(3-6-12)11-4-7-13-14(8-11)20(23)18-15(16)19(13)22/h2-8H,1H3,(H2,16,18)(H,17,21). The summed E-state index contributed by atoms with van der Waals surface area (Å²) in [6.45, 7) is 1.43. The largest absolute Gasteiger partial charge is 0.739 e. The summed E-state index contributed by atoms with van der Waals surface area (Å²) in [5, 5.41) is 29.7. The average Bonchev–Trinajstić information content (AvgIpc) is 2.52. The molecule has 3 N–H and O–H groups in total. The molecule has 0 spiro atoms. The fourth-order valence-electron chi connectivity index (χ4n) is 2.29. The highest BCUT2D eigenvalue weighted by molar-refractivity contribution is 5.89. The van der Waals surface area contributed by atoms with Gasteiger partial charge in [-0.3, -0.25) is 10.5 Å². The quantitative estimate of drug-likeness (QED) is 0.533. The Balaban J connectivity index is 2.05. The van der Waals surface area contributed by atoms with Gasteiger partial charge in [-0.1, -0.05) is 18.2 Å². The number of nitrogen functional groups attached to an aromatic ring is 1. The van der Waals surface area contributed by atoms with Crippen LogP contribution in [-0.2, 0) is 4.79 Å². The van der Waals surface area contributed by atoms with Gasteiger partial charge >= 0.3 is 5.95 Å². The van der Waals surface area contributed by atoms with Crippen molar-refractivity contribution in [2.24, 2.45) is 0 Å². The van der Waals surface area contributed by atoms with Crippen LogP contribution < -0.4 is 20.6 Å². The monoisotopic (exact) mass is 311 g/mol. The predicted octanol–water partition coefficient (Wildman–Crippen LogP) is 0.709. The van der Waals surface area contributed by atoms with Crippen molar-refractivity contribution in [3.05, 3.63) is 52.9 Å². The Hall–Kier alpha value is -3.42. The van der Waals surface area contributed by atoms with Gasteiger partial charge in [0.1, 0.15) is 0 Å². The lowest BCUT2D eigenvalue weighted by Crippen LogP contribution is -2.44. The SMILES string of the molecule is CC(=O)Nc1ccc(-c2ccc3c(c2)[n+]([O-])nc(N)[n+]3[O-])cc1. The van der Waals surface area contributed by atoms with E-state index in [2.05, 4.69) is 10.4 Å². The Labute approximate surface area is 130 Å². The topological polar surface area (TPSA) is 122 Å². The van der Waals surface area contributed by atoms with Crippen LogP contribution in [-0.4, -0.2) is 11.0 Å². The van der Waals surface area contributed by atoms with Gasteiger partial charge in [0.2, 0.25) is 11.0 Å².